The third kappa shape index (κ3) is 2.96. The van der Waals surface area contributed by atoms with Crippen LogP contribution in [0.3, 0.4) is 0 Å². The van der Waals surface area contributed by atoms with E-state index in [1.165, 1.54) is 44.9 Å². The van der Waals surface area contributed by atoms with Crippen LogP contribution in [0.25, 0.3) is 0 Å². The van der Waals surface area contributed by atoms with Gasteiger partial charge in [0.15, 0.2) is 0 Å². The number of carbonyl (C=O) groups excluding carboxylic acids is 1. The lowest BCUT2D eigenvalue weighted by Crippen LogP contribution is -2.32. The summed E-state index contributed by atoms with van der Waals surface area (Å²) in [7, 11) is 2.00. The molecule has 3 fully saturated rings. The Morgan fingerprint density at radius 1 is 1.21 bits per heavy atom. The van der Waals surface area contributed by atoms with E-state index in [-0.39, 0.29) is 0 Å². The van der Waals surface area contributed by atoms with Crippen LogP contribution in [0, 0.1) is 23.7 Å². The SMILES string of the molecule is CNC[C@@H]1CCN(C(=O)[C@H]2C[C@H]2C2CCCCC2)C1. The van der Waals surface area contributed by atoms with Crippen molar-refractivity contribution in [1.82, 2.24) is 10.2 Å². The van der Waals surface area contributed by atoms with Crippen molar-refractivity contribution in [2.75, 3.05) is 26.7 Å². The first-order chi connectivity index (χ1) is 9.29. The second kappa shape index (κ2) is 5.82. The van der Waals surface area contributed by atoms with E-state index in [1.54, 1.807) is 0 Å². The molecule has 0 unspecified atom stereocenters. The average Bonchev–Trinajstić information content (AvgIpc) is 3.12. The highest BCUT2D eigenvalue weighted by atomic mass is 16.2. The van der Waals surface area contributed by atoms with Crippen molar-refractivity contribution in [2.45, 2.75) is 44.9 Å². The molecule has 3 aliphatic rings. The average molecular weight is 264 g/mol. The molecule has 0 spiro atoms. The highest BCUT2D eigenvalue weighted by Crippen LogP contribution is 2.50. The first-order valence-electron chi connectivity index (χ1n) is 8.23. The van der Waals surface area contributed by atoms with Crippen LogP contribution in [0.5, 0.6) is 0 Å². The number of nitrogens with one attached hydrogen (secondary N) is 1. The zero-order valence-corrected chi connectivity index (χ0v) is 12.2. The van der Waals surface area contributed by atoms with E-state index in [0.29, 0.717) is 17.7 Å². The number of hydrogen-bond acceptors (Lipinski definition) is 2. The number of likely N-dealkylation sites (tertiary alicyclic amines) is 1. The summed E-state index contributed by atoms with van der Waals surface area (Å²) in [6.45, 7) is 3.05. The lowest BCUT2D eigenvalue weighted by Gasteiger charge is -2.22. The number of rotatable bonds is 4. The zero-order valence-electron chi connectivity index (χ0n) is 12.2. The van der Waals surface area contributed by atoms with Gasteiger partial charge in [-0.05, 0) is 44.2 Å². The Kier molecular flexibility index (Phi) is 4.11. The topological polar surface area (TPSA) is 32.3 Å². The van der Waals surface area contributed by atoms with E-state index in [4.69, 9.17) is 0 Å². The summed E-state index contributed by atoms with van der Waals surface area (Å²) >= 11 is 0. The number of amides is 1. The van der Waals surface area contributed by atoms with Crippen LogP contribution in [0.15, 0.2) is 0 Å². The minimum absolute atomic E-state index is 0.399. The number of carbonyl (C=O) groups is 1. The maximum Gasteiger partial charge on any atom is 0.225 e. The molecule has 0 aromatic rings. The Balaban J connectivity index is 1.47. The van der Waals surface area contributed by atoms with Crippen LogP contribution in [-0.4, -0.2) is 37.5 Å². The van der Waals surface area contributed by atoms with Gasteiger partial charge in [-0.25, -0.2) is 0 Å². The molecule has 0 aromatic carbocycles. The van der Waals surface area contributed by atoms with Gasteiger partial charge in [0, 0.05) is 19.0 Å². The summed E-state index contributed by atoms with van der Waals surface area (Å²) in [5.41, 5.74) is 0. The van der Waals surface area contributed by atoms with E-state index in [0.717, 1.165) is 31.5 Å². The molecule has 3 heteroatoms. The van der Waals surface area contributed by atoms with Crippen molar-refractivity contribution in [3.63, 3.8) is 0 Å². The Morgan fingerprint density at radius 2 is 2.00 bits per heavy atom. The van der Waals surface area contributed by atoms with Gasteiger partial charge in [0.2, 0.25) is 5.91 Å². The van der Waals surface area contributed by atoms with Gasteiger partial charge >= 0.3 is 0 Å². The van der Waals surface area contributed by atoms with Crippen molar-refractivity contribution < 1.29 is 4.79 Å². The molecular formula is C16H28N2O. The molecule has 2 aliphatic carbocycles. The Hall–Kier alpha value is -0.570. The van der Waals surface area contributed by atoms with E-state index < -0.39 is 0 Å². The van der Waals surface area contributed by atoms with Gasteiger partial charge in [-0.3, -0.25) is 4.79 Å². The first-order valence-corrected chi connectivity index (χ1v) is 8.23. The van der Waals surface area contributed by atoms with Crippen molar-refractivity contribution in [3.8, 4) is 0 Å². The van der Waals surface area contributed by atoms with Gasteiger partial charge < -0.3 is 10.2 Å². The summed E-state index contributed by atoms with van der Waals surface area (Å²) in [6, 6.07) is 0. The third-order valence-corrected chi connectivity index (χ3v) is 5.50. The number of hydrogen-bond donors (Lipinski definition) is 1. The molecule has 108 valence electrons. The second-order valence-corrected chi connectivity index (χ2v) is 6.90. The van der Waals surface area contributed by atoms with Gasteiger partial charge in [-0.1, -0.05) is 32.1 Å². The van der Waals surface area contributed by atoms with E-state index >= 15 is 0 Å². The molecule has 3 nitrogen and oxygen atoms in total. The van der Waals surface area contributed by atoms with Crippen LogP contribution >= 0.6 is 0 Å². The van der Waals surface area contributed by atoms with E-state index in [9.17, 15) is 4.79 Å². The summed E-state index contributed by atoms with van der Waals surface area (Å²) in [4.78, 5) is 14.7. The van der Waals surface area contributed by atoms with Crippen LogP contribution in [0.1, 0.15) is 44.9 Å². The minimum Gasteiger partial charge on any atom is -0.342 e. The van der Waals surface area contributed by atoms with Gasteiger partial charge in [0.1, 0.15) is 0 Å². The van der Waals surface area contributed by atoms with Gasteiger partial charge in [0.05, 0.1) is 0 Å². The summed E-state index contributed by atoms with van der Waals surface area (Å²) in [6.07, 6.45) is 9.36. The van der Waals surface area contributed by atoms with Crippen molar-refractivity contribution in [1.29, 1.82) is 0 Å². The smallest absolute Gasteiger partial charge is 0.225 e. The molecule has 1 saturated heterocycles. The van der Waals surface area contributed by atoms with E-state index in [2.05, 4.69) is 10.2 Å². The maximum absolute atomic E-state index is 12.5. The second-order valence-electron chi connectivity index (χ2n) is 6.90. The summed E-state index contributed by atoms with van der Waals surface area (Å²) < 4.78 is 0. The van der Waals surface area contributed by atoms with Crippen molar-refractivity contribution >= 4 is 5.91 Å². The van der Waals surface area contributed by atoms with Gasteiger partial charge in [-0.2, -0.15) is 0 Å². The van der Waals surface area contributed by atoms with Crippen molar-refractivity contribution in [3.05, 3.63) is 0 Å². The fourth-order valence-corrected chi connectivity index (χ4v) is 4.30. The standard InChI is InChI=1S/C16H28N2O/c1-17-10-12-7-8-18(11-12)16(19)15-9-14(15)13-5-3-2-4-6-13/h12-15,17H,2-11H2,1H3/t12-,14-,15-/m0/s1. The van der Waals surface area contributed by atoms with Crippen molar-refractivity contribution in [2.24, 2.45) is 23.7 Å². The fourth-order valence-electron chi connectivity index (χ4n) is 4.30. The molecule has 3 atom stereocenters. The van der Waals surface area contributed by atoms with Crippen LogP contribution in [0.2, 0.25) is 0 Å². The molecule has 1 amide bonds. The predicted octanol–water partition coefficient (Wildman–Crippen LogP) is 2.27. The lowest BCUT2D eigenvalue weighted by atomic mass is 9.85. The van der Waals surface area contributed by atoms with E-state index in [1.807, 2.05) is 7.05 Å². The van der Waals surface area contributed by atoms with Gasteiger partial charge in [0.25, 0.3) is 0 Å². The molecule has 1 heterocycles. The molecule has 1 aliphatic heterocycles. The summed E-state index contributed by atoms with van der Waals surface area (Å²) in [5.74, 6) is 3.18. The summed E-state index contributed by atoms with van der Waals surface area (Å²) in [5, 5.41) is 3.24. The monoisotopic (exact) mass is 264 g/mol. The Bertz CT molecular complexity index is 325. The molecule has 1 N–H and O–H groups in total. The molecule has 3 rings (SSSR count). The highest BCUT2D eigenvalue weighted by molar-refractivity contribution is 5.82. The zero-order chi connectivity index (χ0) is 13.2. The normalized spacial score (nSPS) is 35.6. The minimum atomic E-state index is 0.399. The lowest BCUT2D eigenvalue weighted by molar-refractivity contribution is -0.132. The number of nitrogens with zero attached hydrogens (tertiary/aromatic N) is 1. The predicted molar refractivity (Wildman–Crippen MR) is 76.8 cm³/mol. The van der Waals surface area contributed by atoms with Crippen LogP contribution < -0.4 is 5.32 Å². The highest BCUT2D eigenvalue weighted by Gasteiger charge is 2.49. The Labute approximate surface area is 117 Å². The first kappa shape index (κ1) is 13.4. The quantitative estimate of drug-likeness (QED) is 0.845. The van der Waals surface area contributed by atoms with Crippen LogP contribution in [-0.2, 0) is 4.79 Å². The largest absolute Gasteiger partial charge is 0.342 e. The molecule has 0 aromatic heterocycles. The van der Waals surface area contributed by atoms with Gasteiger partial charge in [-0.15, -0.1) is 0 Å². The molecule has 0 radical (unpaired) electrons. The maximum atomic E-state index is 12.5. The molecule has 19 heavy (non-hydrogen) atoms. The molecule has 2 saturated carbocycles. The fraction of sp³-hybridized carbons (Fsp3) is 0.938. The Morgan fingerprint density at radius 3 is 2.74 bits per heavy atom. The van der Waals surface area contributed by atoms with Crippen LogP contribution in [0.4, 0.5) is 0 Å². The molecule has 0 bridgehead atoms. The third-order valence-electron chi connectivity index (χ3n) is 5.50. The molecular weight excluding hydrogens is 236 g/mol.